The van der Waals surface area contributed by atoms with Gasteiger partial charge < -0.3 is 0 Å². The van der Waals surface area contributed by atoms with E-state index in [4.69, 9.17) is 4.55 Å². The summed E-state index contributed by atoms with van der Waals surface area (Å²) in [5.41, 5.74) is 0.303. The first-order chi connectivity index (χ1) is 6.96. The van der Waals surface area contributed by atoms with E-state index >= 15 is 0 Å². The Labute approximate surface area is 116 Å². The van der Waals surface area contributed by atoms with Gasteiger partial charge in [-0.15, -0.1) is 4.91 Å². The molecular formula is C8H10N2NaO4S. The molecule has 0 saturated heterocycles. The third-order valence-corrected chi connectivity index (χ3v) is 2.95. The van der Waals surface area contributed by atoms with Crippen molar-refractivity contribution in [2.75, 3.05) is 5.01 Å². The van der Waals surface area contributed by atoms with Crippen molar-refractivity contribution in [2.45, 2.75) is 12.3 Å². The van der Waals surface area contributed by atoms with Crippen LogP contribution in [0.5, 0.6) is 0 Å². The van der Waals surface area contributed by atoms with E-state index in [1.165, 1.54) is 19.1 Å². The smallest absolute Gasteiger partial charge is 0.284 e. The van der Waals surface area contributed by atoms with Crippen LogP contribution in [0, 0.1) is 4.91 Å². The fourth-order valence-electron chi connectivity index (χ4n) is 1.03. The number of nitroso groups, excluding NO2 is 1. The quantitative estimate of drug-likeness (QED) is 0.375. The molecule has 0 aliphatic heterocycles. The Bertz CT molecular complexity index is 437. The first-order valence-corrected chi connectivity index (χ1v) is 5.61. The van der Waals surface area contributed by atoms with Crippen LogP contribution in [0.1, 0.15) is 6.92 Å². The third-order valence-electron chi connectivity index (χ3n) is 1.88. The van der Waals surface area contributed by atoms with Crippen molar-refractivity contribution in [3.63, 3.8) is 0 Å². The molecule has 8 heteroatoms. The maximum absolute atomic E-state index is 10.8. The van der Waals surface area contributed by atoms with Crippen LogP contribution in [0.4, 0.5) is 5.69 Å². The van der Waals surface area contributed by atoms with Gasteiger partial charge in [-0.05, 0) is 19.1 Å². The van der Waals surface area contributed by atoms with Gasteiger partial charge in [0.1, 0.15) is 0 Å². The minimum atomic E-state index is -4.33. The van der Waals surface area contributed by atoms with Crippen molar-refractivity contribution in [3.05, 3.63) is 35.2 Å². The maximum Gasteiger partial charge on any atom is 0.288 e. The summed E-state index contributed by atoms with van der Waals surface area (Å²) in [5, 5.41) is 1.85. The predicted molar refractivity (Wildman–Crippen MR) is 61.5 cm³/mol. The predicted octanol–water partition coefficient (Wildman–Crippen LogP) is 1.03. The molecule has 0 amide bonds. The van der Waals surface area contributed by atoms with Crippen molar-refractivity contribution in [1.82, 2.24) is 0 Å². The number of anilines is 1. The van der Waals surface area contributed by atoms with Gasteiger partial charge in [-0.2, -0.15) is 8.42 Å². The van der Waals surface area contributed by atoms with E-state index in [2.05, 4.69) is 5.29 Å². The zero-order chi connectivity index (χ0) is 11.5. The minimum absolute atomic E-state index is 0. The van der Waals surface area contributed by atoms with Crippen LogP contribution < -0.4 is 5.01 Å². The fourth-order valence-corrected chi connectivity index (χ4v) is 1.44. The molecule has 83 valence electrons. The summed E-state index contributed by atoms with van der Waals surface area (Å²) in [4.78, 5) is 10.5. The molecule has 0 aromatic heterocycles. The van der Waals surface area contributed by atoms with Crippen molar-refractivity contribution in [3.8, 4) is 0 Å². The normalized spacial score (nSPS) is 12.4. The van der Waals surface area contributed by atoms with E-state index in [1.54, 1.807) is 18.2 Å². The van der Waals surface area contributed by atoms with Gasteiger partial charge in [0.15, 0.2) is 5.37 Å². The summed E-state index contributed by atoms with van der Waals surface area (Å²) in [5.74, 6) is 0. The van der Waals surface area contributed by atoms with Crippen LogP contribution in [0.25, 0.3) is 0 Å². The summed E-state index contributed by atoms with van der Waals surface area (Å²) in [6, 6.07) is 8.01. The van der Waals surface area contributed by atoms with Crippen molar-refractivity contribution in [1.29, 1.82) is 0 Å². The number of rotatable bonds is 4. The van der Waals surface area contributed by atoms with E-state index in [1.807, 2.05) is 0 Å². The SMILES string of the molecule is CC(N(N=O)c1ccccc1)S(=O)(=O)O.[Na]. The summed E-state index contributed by atoms with van der Waals surface area (Å²) in [6.45, 7) is 1.17. The molecular weight excluding hydrogens is 243 g/mol. The molecule has 1 N–H and O–H groups in total. The summed E-state index contributed by atoms with van der Waals surface area (Å²) < 4.78 is 30.4. The molecule has 1 aromatic rings. The minimum Gasteiger partial charge on any atom is -0.284 e. The van der Waals surface area contributed by atoms with Crippen LogP contribution in [0.3, 0.4) is 0 Å². The Morgan fingerprint density at radius 2 is 1.81 bits per heavy atom. The van der Waals surface area contributed by atoms with Crippen LogP contribution in [-0.2, 0) is 10.1 Å². The Hall–Kier alpha value is -0.470. The molecule has 16 heavy (non-hydrogen) atoms. The topological polar surface area (TPSA) is 87.0 Å². The molecule has 6 nitrogen and oxygen atoms in total. The zero-order valence-electron chi connectivity index (χ0n) is 8.94. The van der Waals surface area contributed by atoms with Gasteiger partial charge in [-0.25, -0.2) is 5.01 Å². The maximum atomic E-state index is 10.8. The van der Waals surface area contributed by atoms with Crippen LogP contribution in [0.2, 0.25) is 0 Å². The summed E-state index contributed by atoms with van der Waals surface area (Å²) in [7, 11) is -4.33. The van der Waals surface area contributed by atoms with E-state index in [0.29, 0.717) is 10.7 Å². The van der Waals surface area contributed by atoms with Gasteiger partial charge in [0.05, 0.1) is 11.0 Å². The second-order valence-corrected chi connectivity index (χ2v) is 4.59. The van der Waals surface area contributed by atoms with E-state index in [0.717, 1.165) is 0 Å². The Kier molecular flexibility index (Phi) is 6.13. The molecule has 1 radical (unpaired) electrons. The fraction of sp³-hybridized carbons (Fsp3) is 0.250. The Morgan fingerprint density at radius 1 is 1.31 bits per heavy atom. The largest absolute Gasteiger partial charge is 0.288 e. The van der Waals surface area contributed by atoms with Gasteiger partial charge in [0.2, 0.25) is 0 Å². The second-order valence-electron chi connectivity index (χ2n) is 2.88. The van der Waals surface area contributed by atoms with Gasteiger partial charge in [-0.3, -0.25) is 4.55 Å². The Morgan fingerprint density at radius 3 is 2.19 bits per heavy atom. The number of hydrogen-bond acceptors (Lipinski definition) is 4. The van der Waals surface area contributed by atoms with Gasteiger partial charge in [0, 0.05) is 29.6 Å². The van der Waals surface area contributed by atoms with Crippen LogP contribution in [-0.4, -0.2) is 47.9 Å². The second kappa shape index (κ2) is 6.31. The molecule has 0 saturated carbocycles. The van der Waals surface area contributed by atoms with Crippen LogP contribution in [0.15, 0.2) is 35.6 Å². The molecule has 1 unspecified atom stereocenters. The average molecular weight is 253 g/mol. The van der Waals surface area contributed by atoms with Crippen LogP contribution >= 0.6 is 0 Å². The standard InChI is InChI=1S/C8H10N2O4S.Na/c1-7(15(12,13)14)10(9-11)8-5-3-2-4-6-8;/h2-7H,1H3,(H,12,13,14);. The number of para-hydroxylation sites is 1. The van der Waals surface area contributed by atoms with Gasteiger partial charge in [0.25, 0.3) is 10.1 Å². The van der Waals surface area contributed by atoms with E-state index < -0.39 is 15.5 Å². The van der Waals surface area contributed by atoms with Gasteiger partial charge in [-0.1, -0.05) is 18.2 Å². The zero-order valence-corrected chi connectivity index (χ0v) is 11.8. The molecule has 0 heterocycles. The molecule has 1 rings (SSSR count). The Balaban J connectivity index is 0.00000225. The molecule has 0 spiro atoms. The van der Waals surface area contributed by atoms with Crippen molar-refractivity contribution in [2.24, 2.45) is 5.29 Å². The molecule has 0 bridgehead atoms. The number of benzene rings is 1. The van der Waals surface area contributed by atoms with E-state index in [-0.39, 0.29) is 29.6 Å². The molecule has 0 fully saturated rings. The monoisotopic (exact) mass is 253 g/mol. The molecule has 0 aliphatic rings. The molecule has 1 atom stereocenters. The third kappa shape index (κ3) is 3.84. The van der Waals surface area contributed by atoms with Crippen molar-refractivity contribution >= 4 is 45.4 Å². The molecule has 0 aliphatic carbocycles. The summed E-state index contributed by atoms with van der Waals surface area (Å²) >= 11 is 0. The average Bonchev–Trinajstić information content (AvgIpc) is 2.19. The van der Waals surface area contributed by atoms with Gasteiger partial charge >= 0.3 is 0 Å². The first kappa shape index (κ1) is 15.5. The first-order valence-electron chi connectivity index (χ1n) is 4.10. The number of nitrogens with zero attached hydrogens (tertiary/aromatic N) is 2. The molecule has 1 aromatic carbocycles. The van der Waals surface area contributed by atoms with E-state index in [9.17, 15) is 13.3 Å². The summed E-state index contributed by atoms with van der Waals surface area (Å²) in [6.07, 6.45) is 0. The number of hydrogen-bond donors (Lipinski definition) is 1. The van der Waals surface area contributed by atoms with Crippen molar-refractivity contribution < 1.29 is 13.0 Å².